The third-order valence-electron chi connectivity index (χ3n) is 3.73. The van der Waals surface area contributed by atoms with Crippen LogP contribution in [0.25, 0.3) is 10.9 Å². The summed E-state index contributed by atoms with van der Waals surface area (Å²) >= 11 is 0. The number of hydrogen-bond acceptors (Lipinski definition) is 0. The van der Waals surface area contributed by atoms with Crippen LogP contribution in [0.2, 0.25) is 0 Å². The van der Waals surface area contributed by atoms with Crippen LogP contribution in [0.5, 0.6) is 0 Å². The summed E-state index contributed by atoms with van der Waals surface area (Å²) in [5, 5.41) is 1.39. The first-order chi connectivity index (χ1) is 7.24. The molecule has 0 radical (unpaired) electrons. The van der Waals surface area contributed by atoms with Gasteiger partial charge in [-0.15, -0.1) is 6.58 Å². The maximum Gasteiger partial charge on any atom is 0.0459 e. The van der Waals surface area contributed by atoms with Gasteiger partial charge in [-0.25, -0.2) is 0 Å². The topological polar surface area (TPSA) is 15.8 Å². The van der Waals surface area contributed by atoms with Crippen LogP contribution in [-0.4, -0.2) is 4.98 Å². The molecular formula is C14H15N. The Kier molecular flexibility index (Phi) is 1.61. The lowest BCUT2D eigenvalue weighted by Crippen LogP contribution is -2.14. The van der Waals surface area contributed by atoms with E-state index >= 15 is 0 Å². The van der Waals surface area contributed by atoms with E-state index < -0.39 is 0 Å². The molecule has 1 N–H and O–H groups in total. The number of fused-ring (bicyclic) bond motifs is 3. The molecule has 0 bridgehead atoms. The second-order valence-electron chi connectivity index (χ2n) is 4.65. The van der Waals surface area contributed by atoms with Crippen LogP contribution in [0.4, 0.5) is 0 Å². The van der Waals surface area contributed by atoms with Gasteiger partial charge in [-0.1, -0.05) is 31.2 Å². The molecule has 0 saturated carbocycles. The van der Waals surface area contributed by atoms with E-state index in [1.165, 1.54) is 35.0 Å². The maximum absolute atomic E-state index is 3.96. The van der Waals surface area contributed by atoms with Crippen molar-refractivity contribution in [1.82, 2.24) is 4.98 Å². The first-order valence-corrected chi connectivity index (χ1v) is 5.48. The van der Waals surface area contributed by atoms with Gasteiger partial charge in [0.15, 0.2) is 0 Å². The van der Waals surface area contributed by atoms with Crippen molar-refractivity contribution < 1.29 is 0 Å². The van der Waals surface area contributed by atoms with Crippen LogP contribution in [0.1, 0.15) is 24.6 Å². The fourth-order valence-electron chi connectivity index (χ4n) is 2.66. The Morgan fingerprint density at radius 2 is 2.20 bits per heavy atom. The molecule has 0 aliphatic heterocycles. The van der Waals surface area contributed by atoms with E-state index in [2.05, 4.69) is 48.8 Å². The molecule has 1 atom stereocenters. The molecule has 15 heavy (non-hydrogen) atoms. The number of nitrogens with one attached hydrogen (secondary N) is 1. The molecule has 2 aromatic rings. The second-order valence-corrected chi connectivity index (χ2v) is 4.65. The fourth-order valence-corrected chi connectivity index (χ4v) is 2.66. The molecule has 0 fully saturated rings. The average molecular weight is 197 g/mol. The molecule has 1 aliphatic carbocycles. The molecule has 1 aromatic heterocycles. The summed E-state index contributed by atoms with van der Waals surface area (Å²) < 4.78 is 0. The van der Waals surface area contributed by atoms with Gasteiger partial charge in [-0.2, -0.15) is 0 Å². The minimum absolute atomic E-state index is 0.147. The Hall–Kier alpha value is -1.50. The van der Waals surface area contributed by atoms with Gasteiger partial charge < -0.3 is 4.98 Å². The lowest BCUT2D eigenvalue weighted by atomic mass is 9.88. The maximum atomic E-state index is 3.96. The summed E-state index contributed by atoms with van der Waals surface area (Å²) in [6, 6.07) is 8.55. The van der Waals surface area contributed by atoms with E-state index in [9.17, 15) is 0 Å². The Bertz CT molecular complexity index is 535. The highest BCUT2D eigenvalue weighted by Crippen LogP contribution is 2.42. The lowest BCUT2D eigenvalue weighted by molar-refractivity contribution is 0.577. The van der Waals surface area contributed by atoms with E-state index in [0.717, 1.165) is 0 Å². The van der Waals surface area contributed by atoms with Crippen LogP contribution < -0.4 is 0 Å². The van der Waals surface area contributed by atoms with E-state index in [1.54, 1.807) is 0 Å². The summed E-state index contributed by atoms with van der Waals surface area (Å²) in [5.41, 5.74) is 4.27. The predicted molar refractivity (Wildman–Crippen MR) is 64.2 cm³/mol. The minimum atomic E-state index is 0.147. The number of aromatic amines is 1. The number of benzene rings is 1. The first-order valence-electron chi connectivity index (χ1n) is 5.48. The number of aryl methyl sites for hydroxylation is 1. The third kappa shape index (κ3) is 1.03. The van der Waals surface area contributed by atoms with Crippen molar-refractivity contribution in [2.24, 2.45) is 0 Å². The van der Waals surface area contributed by atoms with Gasteiger partial charge in [0.25, 0.3) is 0 Å². The molecule has 1 aliphatic rings. The van der Waals surface area contributed by atoms with Crippen molar-refractivity contribution in [2.75, 3.05) is 0 Å². The Labute approximate surface area is 89.8 Å². The van der Waals surface area contributed by atoms with Gasteiger partial charge >= 0.3 is 0 Å². The zero-order valence-corrected chi connectivity index (χ0v) is 9.01. The van der Waals surface area contributed by atoms with Crippen LogP contribution in [-0.2, 0) is 11.8 Å². The van der Waals surface area contributed by atoms with Crippen LogP contribution in [0, 0.1) is 0 Å². The van der Waals surface area contributed by atoms with Gasteiger partial charge in [0.2, 0.25) is 0 Å². The van der Waals surface area contributed by atoms with Crippen LogP contribution in [0.3, 0.4) is 0 Å². The molecule has 0 amide bonds. The highest BCUT2D eigenvalue weighted by Gasteiger charge is 2.34. The molecule has 1 nitrogen and oxygen atoms in total. The van der Waals surface area contributed by atoms with Gasteiger partial charge in [0.1, 0.15) is 0 Å². The molecule has 1 aromatic carbocycles. The summed E-state index contributed by atoms with van der Waals surface area (Å²) in [7, 11) is 0. The van der Waals surface area contributed by atoms with E-state index in [-0.39, 0.29) is 5.41 Å². The summed E-state index contributed by atoms with van der Waals surface area (Å²) in [5.74, 6) is 0. The smallest absolute Gasteiger partial charge is 0.0459 e. The Morgan fingerprint density at radius 3 is 3.00 bits per heavy atom. The fraction of sp³-hybridized carbons (Fsp3) is 0.286. The number of H-pyrrole nitrogens is 1. The zero-order chi connectivity index (χ0) is 10.5. The number of aromatic nitrogens is 1. The van der Waals surface area contributed by atoms with Crippen molar-refractivity contribution in [3.05, 3.63) is 48.2 Å². The molecular weight excluding hydrogens is 182 g/mol. The van der Waals surface area contributed by atoms with E-state index in [0.29, 0.717) is 0 Å². The SMILES string of the molecule is C=CC1(C)CCc2c1[nH]c1ccccc21. The molecule has 0 saturated heterocycles. The standard InChI is InChI=1S/C14H15N/c1-3-14(2)9-8-11-10-6-4-5-7-12(10)15-13(11)14/h3-7,15H,1,8-9H2,2H3. The normalized spacial score (nSPS) is 24.3. The van der Waals surface area contributed by atoms with Crippen molar-refractivity contribution in [2.45, 2.75) is 25.2 Å². The molecule has 1 heterocycles. The summed E-state index contributed by atoms with van der Waals surface area (Å²) in [4.78, 5) is 3.55. The quantitative estimate of drug-likeness (QED) is 0.673. The molecule has 76 valence electrons. The number of para-hydroxylation sites is 1. The van der Waals surface area contributed by atoms with Crippen LogP contribution >= 0.6 is 0 Å². The van der Waals surface area contributed by atoms with Gasteiger partial charge in [-0.05, 0) is 24.5 Å². The summed E-state index contributed by atoms with van der Waals surface area (Å²) in [6.07, 6.45) is 4.43. The highest BCUT2D eigenvalue weighted by molar-refractivity contribution is 5.86. The Morgan fingerprint density at radius 1 is 1.40 bits per heavy atom. The minimum Gasteiger partial charge on any atom is -0.357 e. The van der Waals surface area contributed by atoms with Gasteiger partial charge in [-0.3, -0.25) is 0 Å². The first kappa shape index (κ1) is 8.78. The van der Waals surface area contributed by atoms with Crippen molar-refractivity contribution in [3.8, 4) is 0 Å². The third-order valence-corrected chi connectivity index (χ3v) is 3.73. The summed E-state index contributed by atoms with van der Waals surface area (Å²) in [6.45, 7) is 6.23. The molecule has 3 rings (SSSR count). The van der Waals surface area contributed by atoms with Crippen LogP contribution in [0.15, 0.2) is 36.9 Å². The molecule has 1 heteroatoms. The van der Waals surface area contributed by atoms with Crippen molar-refractivity contribution in [3.63, 3.8) is 0 Å². The van der Waals surface area contributed by atoms with Gasteiger partial charge in [0.05, 0.1) is 0 Å². The van der Waals surface area contributed by atoms with Crippen molar-refractivity contribution in [1.29, 1.82) is 0 Å². The highest BCUT2D eigenvalue weighted by atomic mass is 14.8. The molecule has 1 unspecified atom stereocenters. The van der Waals surface area contributed by atoms with Crippen molar-refractivity contribution >= 4 is 10.9 Å². The Balaban J connectivity index is 2.34. The predicted octanol–water partition coefficient (Wildman–Crippen LogP) is 3.56. The monoisotopic (exact) mass is 197 g/mol. The van der Waals surface area contributed by atoms with E-state index in [1.807, 2.05) is 0 Å². The van der Waals surface area contributed by atoms with Gasteiger partial charge in [0, 0.05) is 22.0 Å². The second kappa shape index (κ2) is 2.75. The molecule has 0 spiro atoms. The largest absolute Gasteiger partial charge is 0.357 e. The number of hydrogen-bond donors (Lipinski definition) is 1. The number of allylic oxidation sites excluding steroid dienone is 1. The lowest BCUT2D eigenvalue weighted by Gasteiger charge is -2.18. The zero-order valence-electron chi connectivity index (χ0n) is 9.01. The van der Waals surface area contributed by atoms with E-state index in [4.69, 9.17) is 0 Å². The number of rotatable bonds is 1. The average Bonchev–Trinajstić information content (AvgIpc) is 2.78.